The van der Waals surface area contributed by atoms with Crippen LogP contribution in [0.2, 0.25) is 5.02 Å². The maximum Gasteiger partial charge on any atom is 0.267 e. The van der Waals surface area contributed by atoms with Gasteiger partial charge in [-0.15, -0.1) is 0 Å². The Bertz CT molecular complexity index is 1050. The van der Waals surface area contributed by atoms with Crippen LogP contribution < -0.4 is 9.64 Å². The Hall–Kier alpha value is -2.89. The van der Waals surface area contributed by atoms with Crippen molar-refractivity contribution >= 4 is 44.2 Å². The first-order valence-electron chi connectivity index (χ1n) is 8.77. The lowest BCUT2D eigenvalue weighted by molar-refractivity contribution is -0.120. The zero-order valence-electron chi connectivity index (χ0n) is 14.9. The Morgan fingerprint density at radius 3 is 2.43 bits per heavy atom. The molecule has 4 rings (SSSR count). The van der Waals surface area contributed by atoms with Gasteiger partial charge in [0.1, 0.15) is 5.75 Å². The number of carbonyl (C=O) groups excluding carboxylic acids is 1. The van der Waals surface area contributed by atoms with E-state index in [4.69, 9.17) is 16.3 Å². The van der Waals surface area contributed by atoms with Crippen LogP contribution in [0.3, 0.4) is 0 Å². The summed E-state index contributed by atoms with van der Waals surface area (Å²) in [6.07, 6.45) is 0. The Morgan fingerprint density at radius 1 is 0.964 bits per heavy atom. The van der Waals surface area contributed by atoms with Gasteiger partial charge in [-0.05, 0) is 42.0 Å². The van der Waals surface area contributed by atoms with Crippen molar-refractivity contribution in [1.29, 1.82) is 0 Å². The SMILES string of the molecule is O=C(COc1ccc(Cl)cc1)N(Cc1ccccc1)c1nc2ccccc2s1. The van der Waals surface area contributed by atoms with E-state index in [2.05, 4.69) is 4.98 Å². The van der Waals surface area contributed by atoms with Crippen molar-refractivity contribution in [3.05, 3.63) is 89.4 Å². The maximum absolute atomic E-state index is 13.0. The molecule has 0 saturated carbocycles. The summed E-state index contributed by atoms with van der Waals surface area (Å²) >= 11 is 7.39. The van der Waals surface area contributed by atoms with E-state index in [9.17, 15) is 4.79 Å². The third-order valence-corrected chi connectivity index (χ3v) is 5.49. The van der Waals surface area contributed by atoms with E-state index < -0.39 is 0 Å². The van der Waals surface area contributed by atoms with Crippen LogP contribution in [-0.2, 0) is 11.3 Å². The number of rotatable bonds is 6. The van der Waals surface area contributed by atoms with Crippen LogP contribution in [-0.4, -0.2) is 17.5 Å². The number of amides is 1. The number of para-hydroxylation sites is 1. The molecule has 6 heteroatoms. The smallest absolute Gasteiger partial charge is 0.267 e. The molecule has 0 N–H and O–H groups in total. The van der Waals surface area contributed by atoms with Gasteiger partial charge >= 0.3 is 0 Å². The number of thiazole rings is 1. The molecular weight excluding hydrogens is 392 g/mol. The average Bonchev–Trinajstić information content (AvgIpc) is 3.16. The number of carbonyl (C=O) groups is 1. The van der Waals surface area contributed by atoms with E-state index in [0.29, 0.717) is 22.4 Å². The van der Waals surface area contributed by atoms with Crippen LogP contribution in [0.1, 0.15) is 5.56 Å². The number of ether oxygens (including phenoxy) is 1. The Morgan fingerprint density at radius 2 is 1.68 bits per heavy atom. The average molecular weight is 409 g/mol. The van der Waals surface area contributed by atoms with Gasteiger partial charge < -0.3 is 4.74 Å². The van der Waals surface area contributed by atoms with E-state index in [1.165, 1.54) is 11.3 Å². The number of nitrogens with zero attached hydrogens (tertiary/aromatic N) is 2. The molecule has 0 spiro atoms. The van der Waals surface area contributed by atoms with E-state index in [0.717, 1.165) is 15.8 Å². The van der Waals surface area contributed by atoms with Gasteiger partial charge in [-0.1, -0.05) is 65.4 Å². The van der Waals surface area contributed by atoms with Crippen LogP contribution >= 0.6 is 22.9 Å². The second kappa shape index (κ2) is 8.42. The highest BCUT2D eigenvalue weighted by molar-refractivity contribution is 7.22. The van der Waals surface area contributed by atoms with Gasteiger partial charge in [-0.3, -0.25) is 9.69 Å². The summed E-state index contributed by atoms with van der Waals surface area (Å²) in [6.45, 7) is 0.355. The fraction of sp³-hybridized carbons (Fsp3) is 0.0909. The molecule has 0 radical (unpaired) electrons. The Balaban J connectivity index is 1.58. The van der Waals surface area contributed by atoms with E-state index in [1.54, 1.807) is 29.2 Å². The predicted molar refractivity (Wildman–Crippen MR) is 114 cm³/mol. The Kier molecular flexibility index (Phi) is 5.55. The second-order valence-corrected chi connectivity index (χ2v) is 7.62. The first-order chi connectivity index (χ1) is 13.7. The maximum atomic E-state index is 13.0. The van der Waals surface area contributed by atoms with Gasteiger partial charge in [0, 0.05) is 5.02 Å². The monoisotopic (exact) mass is 408 g/mol. The highest BCUT2D eigenvalue weighted by atomic mass is 35.5. The van der Waals surface area contributed by atoms with Crippen LogP contribution in [0.4, 0.5) is 5.13 Å². The van der Waals surface area contributed by atoms with Crippen LogP contribution in [0.5, 0.6) is 5.75 Å². The summed E-state index contributed by atoms with van der Waals surface area (Å²) in [4.78, 5) is 19.3. The van der Waals surface area contributed by atoms with Crippen molar-refractivity contribution in [2.24, 2.45) is 0 Å². The minimum atomic E-state index is -0.155. The van der Waals surface area contributed by atoms with Gasteiger partial charge in [0.25, 0.3) is 5.91 Å². The summed E-state index contributed by atoms with van der Waals surface area (Å²) < 4.78 is 6.71. The van der Waals surface area contributed by atoms with Gasteiger partial charge in [-0.2, -0.15) is 0 Å². The van der Waals surface area contributed by atoms with Crippen molar-refractivity contribution in [2.75, 3.05) is 11.5 Å². The molecule has 28 heavy (non-hydrogen) atoms. The minimum absolute atomic E-state index is 0.0790. The van der Waals surface area contributed by atoms with E-state index in [1.807, 2.05) is 54.6 Å². The normalized spacial score (nSPS) is 10.8. The zero-order chi connectivity index (χ0) is 19.3. The quantitative estimate of drug-likeness (QED) is 0.419. The molecule has 0 aliphatic rings. The highest BCUT2D eigenvalue weighted by Crippen LogP contribution is 2.30. The molecule has 0 fully saturated rings. The summed E-state index contributed by atoms with van der Waals surface area (Å²) in [6, 6.07) is 24.7. The number of hydrogen-bond acceptors (Lipinski definition) is 4. The first-order valence-corrected chi connectivity index (χ1v) is 9.97. The standard InChI is InChI=1S/C22H17ClN2O2S/c23-17-10-12-18(13-11-17)27-15-21(26)25(14-16-6-2-1-3-7-16)22-24-19-8-4-5-9-20(19)28-22/h1-13H,14-15H2. The van der Waals surface area contributed by atoms with E-state index in [-0.39, 0.29) is 12.5 Å². The number of benzene rings is 3. The molecule has 0 unspecified atom stereocenters. The third kappa shape index (κ3) is 4.32. The lowest BCUT2D eigenvalue weighted by Gasteiger charge is -2.20. The number of anilines is 1. The molecule has 0 aliphatic heterocycles. The van der Waals surface area contributed by atoms with Crippen molar-refractivity contribution < 1.29 is 9.53 Å². The van der Waals surface area contributed by atoms with Crippen molar-refractivity contribution in [3.63, 3.8) is 0 Å². The van der Waals surface area contributed by atoms with Crippen LogP contribution in [0.25, 0.3) is 10.2 Å². The molecule has 0 saturated heterocycles. The van der Waals surface area contributed by atoms with Crippen LogP contribution in [0.15, 0.2) is 78.9 Å². The summed E-state index contributed by atoms with van der Waals surface area (Å²) in [5.41, 5.74) is 1.91. The van der Waals surface area contributed by atoms with E-state index >= 15 is 0 Å². The van der Waals surface area contributed by atoms with Crippen molar-refractivity contribution in [3.8, 4) is 5.75 Å². The number of halogens is 1. The molecular formula is C22H17ClN2O2S. The van der Waals surface area contributed by atoms with Gasteiger partial charge in [-0.25, -0.2) is 4.98 Å². The molecule has 140 valence electrons. The third-order valence-electron chi connectivity index (χ3n) is 4.17. The second-order valence-electron chi connectivity index (χ2n) is 6.17. The molecule has 4 aromatic rings. The lowest BCUT2D eigenvalue weighted by atomic mass is 10.2. The van der Waals surface area contributed by atoms with Crippen molar-refractivity contribution in [1.82, 2.24) is 4.98 Å². The number of fused-ring (bicyclic) bond motifs is 1. The number of hydrogen-bond donors (Lipinski definition) is 0. The molecule has 0 aliphatic carbocycles. The molecule has 3 aromatic carbocycles. The zero-order valence-corrected chi connectivity index (χ0v) is 16.5. The minimum Gasteiger partial charge on any atom is -0.484 e. The topological polar surface area (TPSA) is 42.4 Å². The summed E-state index contributed by atoms with van der Waals surface area (Å²) in [7, 11) is 0. The fourth-order valence-electron chi connectivity index (χ4n) is 2.76. The van der Waals surface area contributed by atoms with Gasteiger partial charge in [0.2, 0.25) is 0 Å². The van der Waals surface area contributed by atoms with Crippen molar-refractivity contribution in [2.45, 2.75) is 6.54 Å². The largest absolute Gasteiger partial charge is 0.484 e. The molecule has 4 nitrogen and oxygen atoms in total. The fourth-order valence-corrected chi connectivity index (χ4v) is 3.87. The molecule has 0 atom stereocenters. The molecule has 1 heterocycles. The number of aromatic nitrogens is 1. The molecule has 1 amide bonds. The summed E-state index contributed by atoms with van der Waals surface area (Å²) in [5.74, 6) is 0.444. The highest BCUT2D eigenvalue weighted by Gasteiger charge is 2.20. The molecule has 0 bridgehead atoms. The predicted octanol–water partition coefficient (Wildman–Crippen LogP) is 5.56. The van der Waals surface area contributed by atoms with Crippen LogP contribution in [0, 0.1) is 0 Å². The molecule has 1 aromatic heterocycles. The lowest BCUT2D eigenvalue weighted by Crippen LogP contribution is -2.34. The van der Waals surface area contributed by atoms with Gasteiger partial charge in [0.15, 0.2) is 11.7 Å². The van der Waals surface area contributed by atoms with Gasteiger partial charge in [0.05, 0.1) is 16.8 Å². The first kappa shape index (κ1) is 18.5. The summed E-state index contributed by atoms with van der Waals surface area (Å²) in [5, 5.41) is 1.29. The Labute approximate surface area is 172 Å².